The predicted molar refractivity (Wildman–Crippen MR) is 87.4 cm³/mol. The number of ketones is 1. The lowest BCUT2D eigenvalue weighted by Crippen LogP contribution is -2.28. The minimum atomic E-state index is -5.30. The van der Waals surface area contributed by atoms with Gasteiger partial charge in [0.05, 0.1) is 10.1 Å². The summed E-state index contributed by atoms with van der Waals surface area (Å²) in [6.07, 6.45) is -5.30. The summed E-state index contributed by atoms with van der Waals surface area (Å²) in [7, 11) is 0. The summed E-state index contributed by atoms with van der Waals surface area (Å²) in [5, 5.41) is 11.8. The average molecular weight is 364 g/mol. The van der Waals surface area contributed by atoms with Gasteiger partial charge in [-0.2, -0.15) is 13.2 Å². The van der Waals surface area contributed by atoms with Crippen molar-refractivity contribution in [1.29, 1.82) is 0 Å². The Morgan fingerprint density at radius 2 is 1.80 bits per heavy atom. The fraction of sp³-hybridized carbons (Fsp3) is 0.0588. The first-order valence-electron chi connectivity index (χ1n) is 7.00. The lowest BCUT2D eigenvalue weighted by atomic mass is 10.1. The van der Waals surface area contributed by atoms with E-state index in [-0.39, 0.29) is 11.0 Å². The minimum absolute atomic E-state index is 0.0779. The molecule has 4 rings (SSSR count). The first-order valence-corrected chi connectivity index (χ1v) is 7.82. The number of carbonyl (C=O) groups is 1. The second kappa shape index (κ2) is 5.06. The molecule has 0 spiro atoms. The fourth-order valence-electron chi connectivity index (χ4n) is 2.79. The summed E-state index contributed by atoms with van der Waals surface area (Å²) >= 11 is 1.22. The molecule has 0 atom stereocenters. The molecule has 25 heavy (non-hydrogen) atoms. The van der Waals surface area contributed by atoms with E-state index in [2.05, 4.69) is 0 Å². The summed E-state index contributed by atoms with van der Waals surface area (Å²) in [6, 6.07) is 10.3. The van der Waals surface area contributed by atoms with Crippen LogP contribution in [0.4, 0.5) is 13.2 Å². The van der Waals surface area contributed by atoms with Gasteiger partial charge in [0, 0.05) is 15.5 Å². The number of aromatic hydroxyl groups is 1. The van der Waals surface area contributed by atoms with Crippen LogP contribution in [0.1, 0.15) is 10.4 Å². The second-order valence-corrected chi connectivity index (χ2v) is 6.41. The van der Waals surface area contributed by atoms with Crippen LogP contribution in [-0.4, -0.2) is 17.1 Å². The lowest BCUT2D eigenvalue weighted by Gasteiger charge is -2.08. The quantitative estimate of drug-likeness (QED) is 0.396. The molecule has 4 nitrogen and oxygen atoms in total. The van der Waals surface area contributed by atoms with Gasteiger partial charge in [0.25, 0.3) is 5.78 Å². The van der Waals surface area contributed by atoms with Crippen LogP contribution in [0.2, 0.25) is 0 Å². The molecular weight excluding hydrogens is 357 g/mol. The third kappa shape index (κ3) is 2.21. The van der Waals surface area contributed by atoms with Gasteiger partial charge in [-0.1, -0.05) is 18.2 Å². The number of carbonyl (C=O) groups excluding carboxylic acids is 1. The summed E-state index contributed by atoms with van der Waals surface area (Å²) in [4.78, 5) is 23.3. The normalized spacial score (nSPS) is 12.3. The van der Waals surface area contributed by atoms with E-state index in [1.54, 1.807) is 12.1 Å². The molecule has 4 aromatic rings. The molecule has 126 valence electrons. The maximum atomic E-state index is 12.7. The molecule has 0 bridgehead atoms. The molecular formula is C17H7F3O4S. The van der Waals surface area contributed by atoms with Crippen LogP contribution >= 0.6 is 11.3 Å². The van der Waals surface area contributed by atoms with Crippen molar-refractivity contribution in [2.45, 2.75) is 6.18 Å². The van der Waals surface area contributed by atoms with E-state index in [4.69, 9.17) is 4.42 Å². The third-order valence-electron chi connectivity index (χ3n) is 3.87. The number of alkyl halides is 3. The number of thiophene rings is 1. The zero-order valence-electron chi connectivity index (χ0n) is 12.2. The molecule has 0 fully saturated rings. The highest BCUT2D eigenvalue weighted by Gasteiger charge is 2.43. The number of halogens is 3. The monoisotopic (exact) mass is 364 g/mol. The summed E-state index contributed by atoms with van der Waals surface area (Å²) in [5.41, 5.74) is -3.00. The van der Waals surface area contributed by atoms with Gasteiger partial charge in [-0.05, 0) is 18.2 Å². The van der Waals surface area contributed by atoms with Crippen molar-refractivity contribution in [1.82, 2.24) is 0 Å². The van der Waals surface area contributed by atoms with Gasteiger partial charge in [0.1, 0.15) is 11.3 Å². The lowest BCUT2D eigenvalue weighted by molar-refractivity contribution is -0.0888. The van der Waals surface area contributed by atoms with Crippen LogP contribution in [0.5, 0.6) is 5.75 Å². The Hall–Kier alpha value is -2.87. The highest BCUT2D eigenvalue weighted by Crippen LogP contribution is 2.42. The van der Waals surface area contributed by atoms with Crippen LogP contribution in [0.3, 0.4) is 0 Å². The van der Waals surface area contributed by atoms with Gasteiger partial charge in [0.15, 0.2) is 5.56 Å². The van der Waals surface area contributed by atoms with Crippen LogP contribution in [0.15, 0.2) is 45.6 Å². The Morgan fingerprint density at radius 3 is 2.52 bits per heavy atom. The molecule has 0 amide bonds. The van der Waals surface area contributed by atoms with Crippen molar-refractivity contribution < 1.29 is 27.5 Å². The molecule has 0 radical (unpaired) electrons. The molecule has 2 aromatic carbocycles. The average Bonchev–Trinajstić information content (AvgIpc) is 2.91. The van der Waals surface area contributed by atoms with Gasteiger partial charge in [-0.25, -0.2) is 4.79 Å². The van der Waals surface area contributed by atoms with Crippen LogP contribution in [0, 0.1) is 0 Å². The number of fused-ring (bicyclic) bond motifs is 5. The van der Waals surface area contributed by atoms with Crippen LogP contribution in [-0.2, 0) is 0 Å². The number of Topliss-reactive ketones (excluding diaryl/α,β-unsaturated/α-hetero) is 1. The fourth-order valence-corrected chi connectivity index (χ4v) is 4.04. The number of hydrogen-bond acceptors (Lipinski definition) is 5. The number of rotatable bonds is 1. The third-order valence-corrected chi connectivity index (χ3v) is 5.08. The van der Waals surface area contributed by atoms with Crippen molar-refractivity contribution in [3.8, 4) is 5.75 Å². The Morgan fingerprint density at radius 1 is 1.08 bits per heavy atom. The molecule has 0 saturated heterocycles. The van der Waals surface area contributed by atoms with Gasteiger partial charge in [0.2, 0.25) is 0 Å². The van der Waals surface area contributed by atoms with Crippen molar-refractivity contribution >= 4 is 48.3 Å². The van der Waals surface area contributed by atoms with Gasteiger partial charge in [-0.3, -0.25) is 4.79 Å². The summed E-state index contributed by atoms with van der Waals surface area (Å²) in [5.74, 6) is -3.44. The van der Waals surface area contributed by atoms with E-state index in [1.807, 2.05) is 18.2 Å². The van der Waals surface area contributed by atoms with Gasteiger partial charge in [-0.15, -0.1) is 11.3 Å². The van der Waals surface area contributed by atoms with Crippen molar-refractivity contribution in [3.05, 3.63) is 52.4 Å². The Bertz CT molecular complexity index is 1230. The van der Waals surface area contributed by atoms with E-state index in [0.717, 1.165) is 10.1 Å². The van der Waals surface area contributed by atoms with Crippen molar-refractivity contribution in [2.75, 3.05) is 0 Å². The van der Waals surface area contributed by atoms with Gasteiger partial charge < -0.3 is 9.52 Å². The topological polar surface area (TPSA) is 67.5 Å². The van der Waals surface area contributed by atoms with Crippen molar-refractivity contribution in [3.63, 3.8) is 0 Å². The Kier molecular flexibility index (Phi) is 3.17. The molecule has 0 aliphatic heterocycles. The van der Waals surface area contributed by atoms with E-state index in [0.29, 0.717) is 10.1 Å². The number of hydrogen-bond donors (Lipinski definition) is 1. The Balaban J connectivity index is 2.19. The Labute approximate surface area is 140 Å². The van der Waals surface area contributed by atoms with E-state index < -0.39 is 28.9 Å². The summed E-state index contributed by atoms with van der Waals surface area (Å²) < 4.78 is 44.4. The SMILES string of the molecule is O=C(c1c(O)c2c(ccc3c4ccccc4sc32)oc1=O)C(F)(F)F. The maximum absolute atomic E-state index is 12.7. The highest BCUT2D eigenvalue weighted by molar-refractivity contribution is 7.26. The summed E-state index contributed by atoms with van der Waals surface area (Å²) in [6.45, 7) is 0. The van der Waals surface area contributed by atoms with Crippen molar-refractivity contribution in [2.24, 2.45) is 0 Å². The molecule has 0 aliphatic carbocycles. The van der Waals surface area contributed by atoms with Crippen LogP contribution in [0.25, 0.3) is 31.1 Å². The zero-order chi connectivity index (χ0) is 17.9. The van der Waals surface area contributed by atoms with E-state index in [9.17, 15) is 27.9 Å². The predicted octanol–water partition coefficient (Wildman–Crippen LogP) is 4.61. The smallest absolute Gasteiger partial charge is 0.455 e. The first-order chi connectivity index (χ1) is 11.8. The molecule has 0 aliphatic rings. The first kappa shape index (κ1) is 15.6. The second-order valence-electron chi connectivity index (χ2n) is 5.35. The highest BCUT2D eigenvalue weighted by atomic mass is 32.1. The molecule has 2 aromatic heterocycles. The largest absolute Gasteiger partial charge is 0.506 e. The van der Waals surface area contributed by atoms with Gasteiger partial charge >= 0.3 is 11.8 Å². The number of benzene rings is 2. The molecule has 0 unspecified atom stereocenters. The van der Waals surface area contributed by atoms with Crippen LogP contribution < -0.4 is 5.63 Å². The standard InChI is InChI=1S/C17H7F3O4S/c18-17(19,20)15(22)12-13(21)11-9(24-16(12)23)6-5-8-7-3-1-2-4-10(7)25-14(8)11/h1-6,21H. The zero-order valence-corrected chi connectivity index (χ0v) is 13.0. The molecule has 2 heterocycles. The minimum Gasteiger partial charge on any atom is -0.506 e. The van der Waals surface area contributed by atoms with E-state index in [1.165, 1.54) is 17.4 Å². The molecule has 8 heteroatoms. The maximum Gasteiger partial charge on any atom is 0.455 e. The molecule has 0 saturated carbocycles. The molecule has 1 N–H and O–H groups in total. The van der Waals surface area contributed by atoms with E-state index >= 15 is 0 Å².